The normalized spacial score (nSPS) is 18.8. The maximum Gasteiger partial charge on any atom is 0.316 e. The first-order valence-electron chi connectivity index (χ1n) is 8.36. The molecule has 1 atom stereocenters. The number of sulfonamides is 1. The average molecular weight is 374 g/mol. The largest absolute Gasteiger partial charge is 0.459 e. The smallest absolute Gasteiger partial charge is 0.316 e. The Bertz CT molecular complexity index is 990. The number of fused-ring (bicyclic) bond motifs is 1. The lowest BCUT2D eigenvalue weighted by atomic mass is 10.1. The van der Waals surface area contributed by atoms with Gasteiger partial charge in [0.15, 0.2) is 5.58 Å². The molecule has 1 aliphatic rings. The van der Waals surface area contributed by atoms with Gasteiger partial charge in [0, 0.05) is 24.3 Å². The molecule has 1 saturated heterocycles. The summed E-state index contributed by atoms with van der Waals surface area (Å²) in [5, 5.41) is 4.65. The number of rotatable bonds is 5. The molecule has 26 heavy (non-hydrogen) atoms. The summed E-state index contributed by atoms with van der Waals surface area (Å²) in [6.45, 7) is 0.740. The first kappa shape index (κ1) is 16.9. The van der Waals surface area contributed by atoms with Gasteiger partial charge in [-0.15, -0.1) is 0 Å². The Labute approximate surface area is 150 Å². The summed E-state index contributed by atoms with van der Waals surface area (Å²) < 4.78 is 38.1. The van der Waals surface area contributed by atoms with Gasteiger partial charge in [-0.05, 0) is 31.0 Å². The van der Waals surface area contributed by atoms with Crippen molar-refractivity contribution in [3.63, 3.8) is 0 Å². The van der Waals surface area contributed by atoms with Crippen molar-refractivity contribution in [1.82, 2.24) is 19.4 Å². The zero-order valence-corrected chi connectivity index (χ0v) is 14.8. The SMILES string of the molecule is O=S(=O)(Cc1noc2ccccc12)N1CCCC(Oc2ncccn2)C1. The van der Waals surface area contributed by atoms with Crippen LogP contribution in [-0.2, 0) is 15.8 Å². The fraction of sp³-hybridized carbons (Fsp3) is 0.353. The van der Waals surface area contributed by atoms with Gasteiger partial charge in [0.25, 0.3) is 0 Å². The fourth-order valence-electron chi connectivity index (χ4n) is 3.06. The molecular formula is C17H18N4O4S. The molecule has 3 aromatic rings. The van der Waals surface area contributed by atoms with Gasteiger partial charge < -0.3 is 9.26 Å². The quantitative estimate of drug-likeness (QED) is 0.673. The second-order valence-corrected chi connectivity index (χ2v) is 8.12. The Hall–Kier alpha value is -2.52. The Morgan fingerprint density at radius 3 is 2.85 bits per heavy atom. The summed E-state index contributed by atoms with van der Waals surface area (Å²) in [5.74, 6) is -0.196. The van der Waals surface area contributed by atoms with Crippen LogP contribution >= 0.6 is 0 Å². The number of hydrogen-bond donors (Lipinski definition) is 0. The monoisotopic (exact) mass is 374 g/mol. The molecule has 0 amide bonds. The second-order valence-electron chi connectivity index (χ2n) is 6.15. The highest BCUT2D eigenvalue weighted by molar-refractivity contribution is 7.88. The third kappa shape index (κ3) is 3.54. The Morgan fingerprint density at radius 2 is 2.00 bits per heavy atom. The molecule has 1 unspecified atom stereocenters. The van der Waals surface area contributed by atoms with Crippen LogP contribution in [0.5, 0.6) is 6.01 Å². The molecule has 9 heteroatoms. The van der Waals surface area contributed by atoms with E-state index in [0.717, 1.165) is 18.2 Å². The van der Waals surface area contributed by atoms with Crippen molar-refractivity contribution in [2.24, 2.45) is 0 Å². The van der Waals surface area contributed by atoms with Crippen LogP contribution in [0, 0.1) is 0 Å². The minimum absolute atomic E-state index is 0.196. The number of hydrogen-bond acceptors (Lipinski definition) is 7. The highest BCUT2D eigenvalue weighted by Gasteiger charge is 2.31. The van der Waals surface area contributed by atoms with E-state index in [2.05, 4.69) is 15.1 Å². The molecule has 0 aliphatic carbocycles. The molecule has 0 spiro atoms. The maximum atomic E-state index is 12.9. The van der Waals surface area contributed by atoms with E-state index in [4.69, 9.17) is 9.26 Å². The van der Waals surface area contributed by atoms with Crippen molar-refractivity contribution < 1.29 is 17.7 Å². The van der Waals surface area contributed by atoms with Gasteiger partial charge in [0.05, 0.1) is 6.54 Å². The van der Waals surface area contributed by atoms with Crippen molar-refractivity contribution in [2.75, 3.05) is 13.1 Å². The highest BCUT2D eigenvalue weighted by atomic mass is 32.2. The lowest BCUT2D eigenvalue weighted by Gasteiger charge is -2.31. The van der Waals surface area contributed by atoms with E-state index in [-0.39, 0.29) is 24.4 Å². The molecule has 4 rings (SSSR count). The summed E-state index contributed by atoms with van der Waals surface area (Å²) in [4.78, 5) is 8.06. The first-order valence-corrected chi connectivity index (χ1v) is 9.97. The number of ether oxygens (including phenoxy) is 1. The predicted molar refractivity (Wildman–Crippen MR) is 93.9 cm³/mol. The van der Waals surface area contributed by atoms with Crippen molar-refractivity contribution in [3.05, 3.63) is 48.4 Å². The number of piperidine rings is 1. The molecule has 2 aromatic heterocycles. The molecule has 1 fully saturated rings. The third-order valence-electron chi connectivity index (χ3n) is 4.32. The standard InChI is InChI=1S/C17H18N4O4S/c22-26(23,12-15-14-6-1-2-7-16(14)25-20-15)21-10-3-5-13(11-21)24-17-18-8-4-9-19-17/h1-2,4,6-9,13H,3,5,10-12H2. The second kappa shape index (κ2) is 7.00. The fourth-order valence-corrected chi connectivity index (χ4v) is 4.59. The minimum atomic E-state index is -3.53. The van der Waals surface area contributed by atoms with Crippen LogP contribution in [-0.4, -0.2) is 47.0 Å². The summed E-state index contributed by atoms with van der Waals surface area (Å²) in [7, 11) is -3.53. The third-order valence-corrected chi connectivity index (χ3v) is 6.08. The van der Waals surface area contributed by atoms with Gasteiger partial charge in [-0.2, -0.15) is 4.31 Å². The van der Waals surface area contributed by atoms with Gasteiger partial charge in [-0.3, -0.25) is 0 Å². The summed E-state index contributed by atoms with van der Waals surface area (Å²) >= 11 is 0. The highest BCUT2D eigenvalue weighted by Crippen LogP contribution is 2.23. The Kier molecular flexibility index (Phi) is 4.56. The lowest BCUT2D eigenvalue weighted by Crippen LogP contribution is -2.44. The van der Waals surface area contributed by atoms with E-state index in [0.29, 0.717) is 17.8 Å². The molecule has 0 radical (unpaired) electrons. The van der Waals surface area contributed by atoms with Crippen LogP contribution in [0.25, 0.3) is 11.0 Å². The lowest BCUT2D eigenvalue weighted by molar-refractivity contribution is 0.119. The summed E-state index contributed by atoms with van der Waals surface area (Å²) in [5.41, 5.74) is 1.01. The van der Waals surface area contributed by atoms with Crippen LogP contribution in [0.2, 0.25) is 0 Å². The number of benzene rings is 1. The molecule has 1 aliphatic heterocycles. The van der Waals surface area contributed by atoms with Crippen molar-refractivity contribution in [1.29, 1.82) is 0 Å². The zero-order valence-electron chi connectivity index (χ0n) is 14.0. The van der Waals surface area contributed by atoms with E-state index in [1.54, 1.807) is 24.5 Å². The molecule has 8 nitrogen and oxygen atoms in total. The molecular weight excluding hydrogens is 356 g/mol. The van der Waals surface area contributed by atoms with E-state index >= 15 is 0 Å². The molecule has 0 saturated carbocycles. The van der Waals surface area contributed by atoms with Crippen LogP contribution in [0.1, 0.15) is 18.5 Å². The topological polar surface area (TPSA) is 98.4 Å². The van der Waals surface area contributed by atoms with Gasteiger partial charge in [0.1, 0.15) is 17.6 Å². The molecule has 3 heterocycles. The maximum absolute atomic E-state index is 12.9. The Balaban J connectivity index is 1.48. The van der Waals surface area contributed by atoms with Crippen LogP contribution < -0.4 is 4.74 Å². The van der Waals surface area contributed by atoms with Crippen LogP contribution in [0.15, 0.2) is 47.2 Å². The average Bonchev–Trinajstić information content (AvgIpc) is 3.05. The van der Waals surface area contributed by atoms with E-state index in [1.165, 1.54) is 4.31 Å². The first-order chi connectivity index (χ1) is 12.6. The Morgan fingerprint density at radius 1 is 1.19 bits per heavy atom. The molecule has 1 aromatic carbocycles. The van der Waals surface area contributed by atoms with Gasteiger partial charge >= 0.3 is 6.01 Å². The van der Waals surface area contributed by atoms with Crippen molar-refractivity contribution in [3.8, 4) is 6.01 Å². The van der Waals surface area contributed by atoms with Crippen molar-refractivity contribution >= 4 is 21.0 Å². The predicted octanol–water partition coefficient (Wildman–Crippen LogP) is 1.99. The zero-order chi connectivity index (χ0) is 18.0. The van der Waals surface area contributed by atoms with E-state index in [1.807, 2.05) is 18.2 Å². The van der Waals surface area contributed by atoms with Gasteiger partial charge in [-0.1, -0.05) is 17.3 Å². The number of nitrogens with zero attached hydrogens (tertiary/aromatic N) is 4. The summed E-state index contributed by atoms with van der Waals surface area (Å²) in [6, 6.07) is 9.20. The minimum Gasteiger partial charge on any atom is -0.459 e. The van der Waals surface area contributed by atoms with E-state index in [9.17, 15) is 8.42 Å². The van der Waals surface area contributed by atoms with Gasteiger partial charge in [-0.25, -0.2) is 18.4 Å². The van der Waals surface area contributed by atoms with Crippen molar-refractivity contribution in [2.45, 2.75) is 24.7 Å². The summed E-state index contributed by atoms with van der Waals surface area (Å²) in [6.07, 6.45) is 4.40. The molecule has 0 bridgehead atoms. The molecule has 136 valence electrons. The van der Waals surface area contributed by atoms with Crippen LogP contribution in [0.4, 0.5) is 0 Å². The van der Waals surface area contributed by atoms with Crippen LogP contribution in [0.3, 0.4) is 0 Å². The van der Waals surface area contributed by atoms with E-state index < -0.39 is 10.0 Å². The number of para-hydroxylation sites is 1. The van der Waals surface area contributed by atoms with Gasteiger partial charge in [0.2, 0.25) is 10.0 Å². The number of aromatic nitrogens is 3. The molecule has 0 N–H and O–H groups in total.